The van der Waals surface area contributed by atoms with Gasteiger partial charge in [0.1, 0.15) is 16.5 Å². The maximum absolute atomic E-state index is 15.2. The molecule has 8 nitrogen and oxygen atoms in total. The van der Waals surface area contributed by atoms with Gasteiger partial charge in [-0.3, -0.25) is 0 Å². The van der Waals surface area contributed by atoms with E-state index in [1.807, 2.05) is 0 Å². The van der Waals surface area contributed by atoms with Gasteiger partial charge in [0.2, 0.25) is 15.2 Å². The quantitative estimate of drug-likeness (QED) is 0.144. The lowest BCUT2D eigenvalue weighted by Gasteiger charge is -2.20. The third kappa shape index (κ3) is 6.82. The van der Waals surface area contributed by atoms with Gasteiger partial charge in [0.15, 0.2) is 5.69 Å². The fourth-order valence-electron chi connectivity index (χ4n) is 5.33. The summed E-state index contributed by atoms with van der Waals surface area (Å²) in [4.78, 5) is 15.1. The van der Waals surface area contributed by atoms with Gasteiger partial charge < -0.3 is 5.11 Å². The summed E-state index contributed by atoms with van der Waals surface area (Å²) >= 11 is 0.997. The maximum atomic E-state index is 15.2. The molecule has 2 aromatic heterocycles. The highest BCUT2D eigenvalue weighted by molar-refractivity contribution is 7.89. The van der Waals surface area contributed by atoms with E-state index in [4.69, 9.17) is 10.2 Å². The van der Waals surface area contributed by atoms with Crippen LogP contribution >= 0.6 is 11.3 Å². The molecule has 0 amide bonds. The van der Waals surface area contributed by atoms with Crippen LogP contribution < -0.4 is 5.14 Å². The fraction of sp³-hybridized carbons (Fsp3) is 0.219. The average molecular weight is 725 g/mol. The highest BCUT2D eigenvalue weighted by Gasteiger charge is 2.58. The predicted octanol–water partition coefficient (Wildman–Crippen LogP) is 7.48. The molecule has 1 aliphatic rings. The Hall–Kier alpha value is -4.61. The van der Waals surface area contributed by atoms with Crippen LogP contribution in [0.3, 0.4) is 0 Å². The number of aromatic nitrogens is 3. The number of benzene rings is 3. The van der Waals surface area contributed by atoms with Crippen molar-refractivity contribution >= 4 is 27.3 Å². The third-order valence-electron chi connectivity index (χ3n) is 8.00. The lowest BCUT2D eigenvalue weighted by Crippen LogP contribution is -2.33. The van der Waals surface area contributed by atoms with Crippen LogP contribution in [-0.2, 0) is 28.8 Å². The Kier molecular flexibility index (Phi) is 8.65. The number of nitrogens with two attached hydrogens (primary N) is 1. The Morgan fingerprint density at radius 3 is 2.20 bits per heavy atom. The Bertz CT molecular complexity index is 2190. The molecular formula is C32H23F7N4O4S2. The van der Waals surface area contributed by atoms with Gasteiger partial charge in [0.05, 0.1) is 11.4 Å². The number of halogens is 7. The second-order valence-electron chi connectivity index (χ2n) is 11.5. The minimum Gasteiger partial charge on any atom is -0.476 e. The van der Waals surface area contributed by atoms with Crippen LogP contribution in [0.15, 0.2) is 70.9 Å². The number of carbonyl (C=O) groups is 1. The number of hydrogen-bond acceptors (Lipinski definition) is 6. The molecule has 0 aliphatic heterocycles. The molecule has 3 N–H and O–H groups in total. The van der Waals surface area contributed by atoms with E-state index >= 15 is 4.39 Å². The van der Waals surface area contributed by atoms with E-state index in [0.29, 0.717) is 35.4 Å². The van der Waals surface area contributed by atoms with Gasteiger partial charge in [-0.15, -0.1) is 11.3 Å². The Labute approximate surface area is 277 Å². The lowest BCUT2D eigenvalue weighted by molar-refractivity contribution is -0.289. The molecule has 6 rings (SSSR count). The molecule has 0 radical (unpaired) electrons. The molecule has 2 heterocycles. The van der Waals surface area contributed by atoms with E-state index in [1.54, 1.807) is 0 Å². The molecule has 17 heteroatoms. The van der Waals surface area contributed by atoms with Crippen molar-refractivity contribution in [2.24, 2.45) is 11.1 Å². The molecule has 3 aromatic carbocycles. The van der Waals surface area contributed by atoms with Crippen molar-refractivity contribution < 1.29 is 49.1 Å². The van der Waals surface area contributed by atoms with Gasteiger partial charge in [0.25, 0.3) is 0 Å². The Morgan fingerprint density at radius 1 is 0.959 bits per heavy atom. The van der Waals surface area contributed by atoms with E-state index in [9.17, 15) is 44.7 Å². The lowest BCUT2D eigenvalue weighted by atomic mass is 9.94. The van der Waals surface area contributed by atoms with E-state index in [-0.39, 0.29) is 45.5 Å². The number of thiazole rings is 1. The topological polar surface area (TPSA) is 128 Å². The highest BCUT2D eigenvalue weighted by atomic mass is 32.2. The smallest absolute Gasteiger partial charge is 0.458 e. The number of rotatable bonds is 10. The zero-order valence-corrected chi connectivity index (χ0v) is 26.4. The number of hydrogen-bond donors (Lipinski definition) is 2. The summed E-state index contributed by atoms with van der Waals surface area (Å²) in [6.45, 7) is 0. The molecule has 1 aliphatic carbocycles. The largest absolute Gasteiger partial charge is 0.476 e. The first-order valence-electron chi connectivity index (χ1n) is 14.4. The van der Waals surface area contributed by atoms with E-state index in [2.05, 4.69) is 4.98 Å². The van der Waals surface area contributed by atoms with Gasteiger partial charge in [-0.2, -0.15) is 27.1 Å². The normalized spacial score (nSPS) is 14.0. The minimum atomic E-state index is -5.84. The van der Waals surface area contributed by atoms with Crippen LogP contribution in [0.1, 0.15) is 45.7 Å². The molecule has 1 saturated carbocycles. The average Bonchev–Trinajstić information content (AvgIpc) is 3.58. The predicted molar refractivity (Wildman–Crippen MR) is 164 cm³/mol. The highest BCUT2D eigenvalue weighted by Crippen LogP contribution is 2.44. The van der Waals surface area contributed by atoms with Crippen LogP contribution in [0.25, 0.3) is 27.5 Å². The monoisotopic (exact) mass is 724 g/mol. The van der Waals surface area contributed by atoms with E-state index in [0.717, 1.165) is 54.5 Å². The molecule has 0 atom stereocenters. The van der Waals surface area contributed by atoms with Crippen molar-refractivity contribution in [3.05, 3.63) is 106 Å². The molecule has 256 valence electrons. The zero-order chi connectivity index (χ0) is 35.5. The van der Waals surface area contributed by atoms with Gasteiger partial charge in [0, 0.05) is 34.1 Å². The Balaban J connectivity index is 1.50. The number of primary sulfonamides is 1. The molecular weight excluding hydrogens is 701 g/mol. The molecule has 1 fully saturated rings. The standard InChI is InChI=1S/C32H23F7N4O4S2/c33-23-9-6-19(14-21(23)18-4-7-20(8-5-18)31(35,36)32(37,38)39)28-22(11-17-3-10-27(24(34)12-17)49(40,46)47)26(13-16-1-2-16)43(42-28)30-41-25(15-48-30)29(44)45/h3-10,12,14-16H,1-2,11,13H2,(H,44,45)(H2,40,46,47). The second-order valence-corrected chi connectivity index (χ2v) is 13.9. The van der Waals surface area contributed by atoms with Crippen LogP contribution in [0.5, 0.6) is 0 Å². The molecule has 0 unspecified atom stereocenters. The summed E-state index contributed by atoms with van der Waals surface area (Å²) in [5, 5.41) is 20.8. The van der Waals surface area contributed by atoms with E-state index in [1.165, 1.54) is 28.3 Å². The maximum Gasteiger partial charge on any atom is 0.458 e. The van der Waals surface area contributed by atoms with Gasteiger partial charge in [-0.25, -0.2) is 36.8 Å². The first-order valence-corrected chi connectivity index (χ1v) is 16.8. The number of alkyl halides is 5. The molecule has 49 heavy (non-hydrogen) atoms. The van der Waals surface area contributed by atoms with Gasteiger partial charge in [-0.1, -0.05) is 30.3 Å². The summed E-state index contributed by atoms with van der Waals surface area (Å²) in [5.74, 6) is -8.07. The SMILES string of the molecule is NS(=O)(=O)c1ccc(Cc2c(-c3ccc(F)c(-c4ccc(C(F)(F)C(F)(F)F)cc4)c3)nn(-c3nc(C(=O)O)cs3)c2CC2CC2)cc1F. The number of carboxylic acids is 1. The summed E-state index contributed by atoms with van der Waals surface area (Å²) < 4.78 is 122. The third-order valence-corrected chi connectivity index (χ3v) is 9.76. The molecule has 0 saturated heterocycles. The second kappa shape index (κ2) is 12.4. The molecule has 5 aromatic rings. The van der Waals surface area contributed by atoms with Gasteiger partial charge in [-0.05, 0) is 66.6 Å². The summed E-state index contributed by atoms with van der Waals surface area (Å²) in [5.41, 5.74) is 0.210. The van der Waals surface area contributed by atoms with Crippen molar-refractivity contribution in [3.63, 3.8) is 0 Å². The summed E-state index contributed by atoms with van der Waals surface area (Å²) in [7, 11) is -4.36. The first kappa shape index (κ1) is 34.3. The van der Waals surface area contributed by atoms with Crippen molar-refractivity contribution in [2.75, 3.05) is 0 Å². The summed E-state index contributed by atoms with van der Waals surface area (Å²) in [6, 6.07) is 10.2. The Morgan fingerprint density at radius 2 is 1.63 bits per heavy atom. The number of sulfonamides is 1. The van der Waals surface area contributed by atoms with Crippen LogP contribution in [0.4, 0.5) is 30.7 Å². The number of nitrogens with zero attached hydrogens (tertiary/aromatic N) is 3. The van der Waals surface area contributed by atoms with E-state index < -0.39 is 50.2 Å². The van der Waals surface area contributed by atoms with Crippen molar-refractivity contribution in [2.45, 2.75) is 42.7 Å². The zero-order valence-electron chi connectivity index (χ0n) is 24.8. The molecule has 0 bridgehead atoms. The van der Waals surface area contributed by atoms with Crippen LogP contribution in [0, 0.1) is 17.6 Å². The summed E-state index contributed by atoms with van der Waals surface area (Å²) in [6.07, 6.45) is -3.63. The van der Waals surface area contributed by atoms with Crippen molar-refractivity contribution in [1.29, 1.82) is 0 Å². The van der Waals surface area contributed by atoms with Gasteiger partial charge >= 0.3 is 18.1 Å². The van der Waals surface area contributed by atoms with Crippen molar-refractivity contribution in [1.82, 2.24) is 14.8 Å². The first-order chi connectivity index (χ1) is 22.9. The fourth-order valence-corrected chi connectivity index (χ4v) is 6.69. The molecule has 0 spiro atoms. The van der Waals surface area contributed by atoms with Crippen LogP contribution in [0.2, 0.25) is 0 Å². The number of aromatic carboxylic acids is 1. The van der Waals surface area contributed by atoms with Crippen LogP contribution in [-0.4, -0.2) is 40.4 Å². The minimum absolute atomic E-state index is 0.00746. The number of carboxylic acid groups (broad SMARTS) is 1. The van der Waals surface area contributed by atoms with Crippen molar-refractivity contribution in [3.8, 4) is 27.5 Å².